The normalized spacial score (nSPS) is 10.9. The van der Waals surface area contributed by atoms with Crippen molar-refractivity contribution in [3.05, 3.63) is 59.7 Å². The summed E-state index contributed by atoms with van der Waals surface area (Å²) in [7, 11) is 1.91. The molecule has 4 heteroatoms. The Morgan fingerprint density at radius 1 is 0.957 bits per heavy atom. The van der Waals surface area contributed by atoms with Crippen LogP contribution in [0.3, 0.4) is 0 Å². The Balaban J connectivity index is 1.85. The zero-order chi connectivity index (χ0) is 16.3. The molecule has 0 spiro atoms. The average molecular weight is 313 g/mol. The van der Waals surface area contributed by atoms with Gasteiger partial charge in [-0.05, 0) is 35.4 Å². The van der Waals surface area contributed by atoms with Gasteiger partial charge in [0.1, 0.15) is 12.4 Å². The first kappa shape index (κ1) is 17.1. The molecule has 0 aliphatic rings. The van der Waals surface area contributed by atoms with Crippen molar-refractivity contribution in [3.63, 3.8) is 0 Å². The monoisotopic (exact) mass is 313 g/mol. The zero-order valence-electron chi connectivity index (χ0n) is 13.4. The van der Waals surface area contributed by atoms with E-state index in [0.717, 1.165) is 22.6 Å². The van der Waals surface area contributed by atoms with Crippen LogP contribution in [0.15, 0.2) is 48.5 Å². The lowest BCUT2D eigenvalue weighted by molar-refractivity contribution is 0.0705. The summed E-state index contributed by atoms with van der Waals surface area (Å²) in [6.45, 7) is 1.34. The van der Waals surface area contributed by atoms with Crippen molar-refractivity contribution in [2.45, 2.75) is 0 Å². The quantitative estimate of drug-likeness (QED) is 0.551. The number of hydrogen-bond donors (Lipinski definition) is 2. The largest absolute Gasteiger partial charge is 0.491 e. The van der Waals surface area contributed by atoms with Crippen LogP contribution in [-0.4, -0.2) is 38.6 Å². The maximum atomic E-state index is 8.60. The van der Waals surface area contributed by atoms with Crippen LogP contribution in [0.4, 0.5) is 5.69 Å². The molecule has 2 rings (SSSR count). The highest BCUT2D eigenvalue weighted by atomic mass is 16.5. The van der Waals surface area contributed by atoms with E-state index < -0.39 is 0 Å². The van der Waals surface area contributed by atoms with Crippen molar-refractivity contribution in [2.75, 3.05) is 38.8 Å². The highest BCUT2D eigenvalue weighted by molar-refractivity contribution is 5.71. The second kappa shape index (κ2) is 9.66. The number of ether oxygens (including phenoxy) is 2. The lowest BCUT2D eigenvalue weighted by atomic mass is 10.1. The van der Waals surface area contributed by atoms with Crippen LogP contribution in [0.5, 0.6) is 5.75 Å². The van der Waals surface area contributed by atoms with Crippen molar-refractivity contribution in [3.8, 4) is 5.75 Å². The van der Waals surface area contributed by atoms with Crippen LogP contribution in [0, 0.1) is 0 Å². The molecule has 0 saturated heterocycles. The Kier molecular flexibility index (Phi) is 7.17. The molecule has 4 nitrogen and oxygen atoms in total. The summed E-state index contributed by atoms with van der Waals surface area (Å²) in [6.07, 6.45) is 4.16. The number of aliphatic hydroxyl groups is 1. The third-order valence-electron chi connectivity index (χ3n) is 3.26. The summed E-state index contributed by atoms with van der Waals surface area (Å²) < 4.78 is 10.7. The van der Waals surface area contributed by atoms with Gasteiger partial charge in [0.05, 0.1) is 19.8 Å². The topological polar surface area (TPSA) is 50.7 Å². The first-order valence-electron chi connectivity index (χ1n) is 7.69. The fourth-order valence-corrected chi connectivity index (χ4v) is 2.05. The van der Waals surface area contributed by atoms with E-state index in [1.807, 2.05) is 43.4 Å². The molecule has 0 atom stereocenters. The maximum Gasteiger partial charge on any atom is 0.119 e. The first-order chi connectivity index (χ1) is 11.3. The number of benzene rings is 2. The van der Waals surface area contributed by atoms with Crippen molar-refractivity contribution in [1.29, 1.82) is 0 Å². The highest BCUT2D eigenvalue weighted by Crippen LogP contribution is 2.16. The summed E-state index contributed by atoms with van der Waals surface area (Å²) in [6, 6.07) is 16.1. The molecule has 0 fully saturated rings. The van der Waals surface area contributed by atoms with Gasteiger partial charge in [-0.15, -0.1) is 0 Å². The van der Waals surface area contributed by atoms with Gasteiger partial charge in [-0.2, -0.15) is 0 Å². The third kappa shape index (κ3) is 6.14. The highest BCUT2D eigenvalue weighted by Gasteiger charge is 1.95. The minimum Gasteiger partial charge on any atom is -0.491 e. The number of rotatable bonds is 9. The zero-order valence-corrected chi connectivity index (χ0v) is 13.4. The van der Waals surface area contributed by atoms with E-state index in [9.17, 15) is 0 Å². The molecule has 0 aliphatic heterocycles. The third-order valence-corrected chi connectivity index (χ3v) is 3.26. The molecule has 2 aromatic rings. The minimum absolute atomic E-state index is 0.0399. The lowest BCUT2D eigenvalue weighted by Gasteiger charge is -2.06. The summed E-state index contributed by atoms with van der Waals surface area (Å²) in [5.41, 5.74) is 3.36. The molecule has 2 aromatic carbocycles. The van der Waals surface area contributed by atoms with Crippen LogP contribution in [0.25, 0.3) is 12.2 Å². The van der Waals surface area contributed by atoms with Crippen LogP contribution < -0.4 is 10.1 Å². The Labute approximate surface area is 137 Å². The van der Waals surface area contributed by atoms with E-state index in [-0.39, 0.29) is 6.61 Å². The summed E-state index contributed by atoms with van der Waals surface area (Å²) in [5.74, 6) is 0.812. The van der Waals surface area contributed by atoms with Crippen LogP contribution in [0.2, 0.25) is 0 Å². The fraction of sp³-hybridized carbons (Fsp3) is 0.263. The van der Waals surface area contributed by atoms with Crippen molar-refractivity contribution in [2.24, 2.45) is 0 Å². The molecule has 0 aliphatic carbocycles. The molecule has 0 radical (unpaired) electrons. The van der Waals surface area contributed by atoms with Gasteiger partial charge in [-0.25, -0.2) is 0 Å². The van der Waals surface area contributed by atoms with Gasteiger partial charge >= 0.3 is 0 Å². The van der Waals surface area contributed by atoms with Gasteiger partial charge in [0.15, 0.2) is 0 Å². The molecule has 2 N–H and O–H groups in total. The molecule has 0 amide bonds. The van der Waals surface area contributed by atoms with Crippen molar-refractivity contribution < 1.29 is 14.6 Å². The van der Waals surface area contributed by atoms with E-state index in [0.29, 0.717) is 19.8 Å². The molecular weight excluding hydrogens is 290 g/mol. The first-order valence-corrected chi connectivity index (χ1v) is 7.69. The Morgan fingerprint density at radius 2 is 1.74 bits per heavy atom. The second-order valence-electron chi connectivity index (χ2n) is 4.96. The number of nitrogens with one attached hydrogen (secondary N) is 1. The summed E-state index contributed by atoms with van der Waals surface area (Å²) >= 11 is 0. The molecule has 23 heavy (non-hydrogen) atoms. The molecule has 0 unspecified atom stereocenters. The Bertz CT molecular complexity index is 608. The number of aliphatic hydroxyl groups excluding tert-OH is 1. The van der Waals surface area contributed by atoms with Gasteiger partial charge in [0.25, 0.3) is 0 Å². The maximum absolute atomic E-state index is 8.60. The Morgan fingerprint density at radius 3 is 2.48 bits per heavy atom. The Hall–Kier alpha value is -2.30. The van der Waals surface area contributed by atoms with Gasteiger partial charge in [0.2, 0.25) is 0 Å². The van der Waals surface area contributed by atoms with E-state index in [1.54, 1.807) is 0 Å². The molecule has 0 aromatic heterocycles. The number of hydrogen-bond acceptors (Lipinski definition) is 4. The fourth-order valence-electron chi connectivity index (χ4n) is 2.05. The van der Waals surface area contributed by atoms with Gasteiger partial charge < -0.3 is 19.9 Å². The standard InChI is InChI=1S/C19H23NO3/c1-20-18-4-2-3-17(15-18)6-5-16-7-9-19(10-8-16)23-14-13-22-12-11-21/h2-10,15,20-21H,11-14H2,1H3. The van der Waals surface area contributed by atoms with Crippen LogP contribution >= 0.6 is 0 Å². The van der Waals surface area contributed by atoms with E-state index in [4.69, 9.17) is 14.6 Å². The average Bonchev–Trinajstić information content (AvgIpc) is 2.61. The predicted molar refractivity (Wildman–Crippen MR) is 94.8 cm³/mol. The summed E-state index contributed by atoms with van der Waals surface area (Å²) in [5, 5.41) is 11.7. The molecule has 0 saturated carbocycles. The SMILES string of the molecule is CNc1cccc(C=Cc2ccc(OCCOCCO)cc2)c1. The predicted octanol–water partition coefficient (Wildman–Crippen LogP) is 3.29. The minimum atomic E-state index is 0.0399. The lowest BCUT2D eigenvalue weighted by Crippen LogP contribution is -2.08. The van der Waals surface area contributed by atoms with E-state index in [1.165, 1.54) is 0 Å². The second-order valence-corrected chi connectivity index (χ2v) is 4.96. The van der Waals surface area contributed by atoms with Gasteiger partial charge in [-0.3, -0.25) is 0 Å². The van der Waals surface area contributed by atoms with Crippen molar-refractivity contribution in [1.82, 2.24) is 0 Å². The molecule has 122 valence electrons. The van der Waals surface area contributed by atoms with E-state index in [2.05, 4.69) is 29.6 Å². The van der Waals surface area contributed by atoms with Crippen molar-refractivity contribution >= 4 is 17.8 Å². The summed E-state index contributed by atoms with van der Waals surface area (Å²) in [4.78, 5) is 0. The smallest absolute Gasteiger partial charge is 0.119 e. The molecule has 0 bridgehead atoms. The van der Waals surface area contributed by atoms with Crippen LogP contribution in [-0.2, 0) is 4.74 Å². The molecule has 0 heterocycles. The van der Waals surface area contributed by atoms with Crippen LogP contribution in [0.1, 0.15) is 11.1 Å². The van der Waals surface area contributed by atoms with Gasteiger partial charge in [-0.1, -0.05) is 36.4 Å². The number of anilines is 1. The molecular formula is C19H23NO3. The van der Waals surface area contributed by atoms with Gasteiger partial charge in [0, 0.05) is 12.7 Å². The van der Waals surface area contributed by atoms with E-state index >= 15 is 0 Å².